The number of nitrogens with zero attached hydrogens (tertiary/aromatic N) is 1. The molecule has 0 amide bonds. The first-order valence-corrected chi connectivity index (χ1v) is 7.49. The van der Waals surface area contributed by atoms with Gasteiger partial charge in [-0.3, -0.25) is 0 Å². The Balaban J connectivity index is 2.50. The molecule has 0 aliphatic rings. The maximum Gasteiger partial charge on any atom is 0.279 e. The standard InChI is InChI=1S/C12H20FN3O2S/c1-14-7-4-8-16(2)19(17,18)15-10-11-5-3-6-12(13)9-11/h3,5-6,9,14-15H,4,7-8,10H2,1-2H3. The highest BCUT2D eigenvalue weighted by atomic mass is 32.2. The van der Waals surface area contributed by atoms with E-state index in [0.29, 0.717) is 12.1 Å². The van der Waals surface area contributed by atoms with E-state index < -0.39 is 10.2 Å². The average molecular weight is 289 g/mol. The van der Waals surface area contributed by atoms with E-state index in [2.05, 4.69) is 10.0 Å². The van der Waals surface area contributed by atoms with E-state index in [1.54, 1.807) is 12.1 Å². The van der Waals surface area contributed by atoms with Crippen LogP contribution in [0.4, 0.5) is 4.39 Å². The summed E-state index contributed by atoms with van der Waals surface area (Å²) in [5, 5.41) is 2.96. The zero-order valence-electron chi connectivity index (χ0n) is 11.2. The van der Waals surface area contributed by atoms with Gasteiger partial charge in [-0.25, -0.2) is 4.39 Å². The van der Waals surface area contributed by atoms with Crippen molar-refractivity contribution in [3.8, 4) is 0 Å². The lowest BCUT2D eigenvalue weighted by atomic mass is 10.2. The Hall–Kier alpha value is -1.02. The Morgan fingerprint density at radius 2 is 2.11 bits per heavy atom. The van der Waals surface area contributed by atoms with Crippen molar-refractivity contribution in [2.24, 2.45) is 0 Å². The molecule has 0 saturated heterocycles. The molecule has 0 aliphatic carbocycles. The predicted molar refractivity (Wildman–Crippen MR) is 73.3 cm³/mol. The van der Waals surface area contributed by atoms with Crippen molar-refractivity contribution in [1.82, 2.24) is 14.3 Å². The highest BCUT2D eigenvalue weighted by molar-refractivity contribution is 7.87. The van der Waals surface area contributed by atoms with E-state index >= 15 is 0 Å². The van der Waals surface area contributed by atoms with Crippen LogP contribution < -0.4 is 10.0 Å². The number of benzene rings is 1. The molecule has 0 spiro atoms. The second kappa shape index (κ2) is 7.54. The summed E-state index contributed by atoms with van der Waals surface area (Å²) in [6.45, 7) is 1.26. The molecule has 0 fully saturated rings. The van der Waals surface area contributed by atoms with Gasteiger partial charge in [-0.05, 0) is 37.7 Å². The third-order valence-electron chi connectivity index (χ3n) is 2.66. The van der Waals surface area contributed by atoms with Gasteiger partial charge in [0, 0.05) is 20.1 Å². The number of halogens is 1. The third-order valence-corrected chi connectivity index (χ3v) is 4.17. The van der Waals surface area contributed by atoms with Gasteiger partial charge in [-0.2, -0.15) is 17.4 Å². The van der Waals surface area contributed by atoms with Gasteiger partial charge < -0.3 is 5.32 Å². The van der Waals surface area contributed by atoms with Crippen molar-refractivity contribution < 1.29 is 12.8 Å². The summed E-state index contributed by atoms with van der Waals surface area (Å²) >= 11 is 0. The van der Waals surface area contributed by atoms with Gasteiger partial charge in [0.25, 0.3) is 10.2 Å². The molecule has 0 saturated carbocycles. The summed E-state index contributed by atoms with van der Waals surface area (Å²) in [4.78, 5) is 0. The van der Waals surface area contributed by atoms with Crippen molar-refractivity contribution in [2.45, 2.75) is 13.0 Å². The van der Waals surface area contributed by atoms with E-state index in [0.717, 1.165) is 13.0 Å². The van der Waals surface area contributed by atoms with Crippen molar-refractivity contribution >= 4 is 10.2 Å². The Bertz CT molecular complexity index is 494. The van der Waals surface area contributed by atoms with Crippen molar-refractivity contribution in [2.75, 3.05) is 27.2 Å². The first kappa shape index (κ1) is 16.0. The Morgan fingerprint density at radius 1 is 1.37 bits per heavy atom. The number of nitrogens with one attached hydrogen (secondary N) is 2. The Labute approximate surface area is 114 Å². The van der Waals surface area contributed by atoms with E-state index in [-0.39, 0.29) is 12.4 Å². The second-order valence-corrected chi connectivity index (χ2v) is 6.10. The van der Waals surface area contributed by atoms with Crippen LogP contribution in [0.25, 0.3) is 0 Å². The largest absolute Gasteiger partial charge is 0.320 e. The summed E-state index contributed by atoms with van der Waals surface area (Å²) < 4.78 is 40.4. The summed E-state index contributed by atoms with van der Waals surface area (Å²) in [6.07, 6.45) is 0.730. The molecule has 19 heavy (non-hydrogen) atoms. The molecule has 0 aliphatic heterocycles. The minimum Gasteiger partial charge on any atom is -0.320 e. The maximum atomic E-state index is 13.0. The smallest absolute Gasteiger partial charge is 0.279 e. The van der Waals surface area contributed by atoms with Gasteiger partial charge in [-0.15, -0.1) is 0 Å². The molecule has 7 heteroatoms. The van der Waals surface area contributed by atoms with Crippen LogP contribution in [-0.2, 0) is 16.8 Å². The number of rotatable bonds is 8. The summed E-state index contributed by atoms with van der Waals surface area (Å²) in [7, 11) is -0.185. The molecule has 1 rings (SSSR count). The molecule has 0 heterocycles. The van der Waals surface area contributed by atoms with Crippen LogP contribution >= 0.6 is 0 Å². The predicted octanol–water partition coefficient (Wildman–Crippen LogP) is 0.701. The van der Waals surface area contributed by atoms with Crippen LogP contribution in [-0.4, -0.2) is 39.9 Å². The zero-order chi connectivity index (χ0) is 14.3. The van der Waals surface area contributed by atoms with E-state index in [1.165, 1.54) is 23.5 Å². The first-order chi connectivity index (χ1) is 8.95. The fourth-order valence-electron chi connectivity index (χ4n) is 1.53. The lowest BCUT2D eigenvalue weighted by molar-refractivity contribution is 0.447. The van der Waals surface area contributed by atoms with E-state index in [4.69, 9.17) is 0 Å². The summed E-state index contributed by atoms with van der Waals surface area (Å²) in [6, 6.07) is 5.85. The Morgan fingerprint density at radius 3 is 2.74 bits per heavy atom. The fraction of sp³-hybridized carbons (Fsp3) is 0.500. The lowest BCUT2D eigenvalue weighted by Crippen LogP contribution is -2.38. The fourth-order valence-corrected chi connectivity index (χ4v) is 2.47. The molecule has 0 radical (unpaired) electrons. The van der Waals surface area contributed by atoms with Crippen LogP contribution in [0.2, 0.25) is 0 Å². The van der Waals surface area contributed by atoms with E-state index in [9.17, 15) is 12.8 Å². The molecule has 1 aromatic carbocycles. The van der Waals surface area contributed by atoms with Crippen LogP contribution in [0.1, 0.15) is 12.0 Å². The highest BCUT2D eigenvalue weighted by Gasteiger charge is 2.16. The molecular weight excluding hydrogens is 269 g/mol. The van der Waals surface area contributed by atoms with Gasteiger partial charge in [-0.1, -0.05) is 12.1 Å². The molecule has 2 N–H and O–H groups in total. The molecule has 5 nitrogen and oxygen atoms in total. The van der Waals surface area contributed by atoms with E-state index in [1.807, 2.05) is 7.05 Å². The second-order valence-electron chi connectivity index (χ2n) is 4.23. The highest BCUT2D eigenvalue weighted by Crippen LogP contribution is 2.04. The summed E-state index contributed by atoms with van der Waals surface area (Å²) in [5.41, 5.74) is 0.590. The van der Waals surface area contributed by atoms with Crippen LogP contribution in [0.3, 0.4) is 0 Å². The SMILES string of the molecule is CNCCCN(C)S(=O)(=O)NCc1cccc(F)c1. The van der Waals surface area contributed by atoms with Gasteiger partial charge in [0.05, 0.1) is 0 Å². The van der Waals surface area contributed by atoms with Gasteiger partial charge in [0.2, 0.25) is 0 Å². The van der Waals surface area contributed by atoms with Crippen molar-refractivity contribution in [3.05, 3.63) is 35.6 Å². The number of hydrogen-bond donors (Lipinski definition) is 2. The molecule has 0 bridgehead atoms. The molecular formula is C12H20FN3O2S. The topological polar surface area (TPSA) is 61.4 Å². The van der Waals surface area contributed by atoms with Crippen LogP contribution in [0, 0.1) is 5.82 Å². The third kappa shape index (κ3) is 5.65. The monoisotopic (exact) mass is 289 g/mol. The quantitative estimate of drug-likeness (QED) is 0.693. The van der Waals surface area contributed by atoms with Gasteiger partial charge in [0.1, 0.15) is 5.82 Å². The molecule has 108 valence electrons. The lowest BCUT2D eigenvalue weighted by Gasteiger charge is -2.17. The Kier molecular flexibility index (Phi) is 6.36. The molecule has 0 aromatic heterocycles. The van der Waals surface area contributed by atoms with Gasteiger partial charge in [0.15, 0.2) is 0 Å². The van der Waals surface area contributed by atoms with Crippen molar-refractivity contribution in [1.29, 1.82) is 0 Å². The first-order valence-electron chi connectivity index (χ1n) is 6.05. The maximum absolute atomic E-state index is 13.0. The zero-order valence-corrected chi connectivity index (χ0v) is 12.0. The molecule has 0 unspecified atom stereocenters. The van der Waals surface area contributed by atoms with Crippen LogP contribution in [0.15, 0.2) is 24.3 Å². The average Bonchev–Trinajstić information content (AvgIpc) is 2.37. The molecule has 0 atom stereocenters. The summed E-state index contributed by atoms with van der Waals surface area (Å²) in [5.74, 6) is -0.376. The normalized spacial score (nSPS) is 12.0. The number of hydrogen-bond acceptors (Lipinski definition) is 3. The minimum absolute atomic E-state index is 0.0798. The molecule has 1 aromatic rings. The van der Waals surface area contributed by atoms with Gasteiger partial charge >= 0.3 is 0 Å². The van der Waals surface area contributed by atoms with Crippen molar-refractivity contribution in [3.63, 3.8) is 0 Å². The minimum atomic E-state index is -3.52. The van der Waals surface area contributed by atoms with Crippen LogP contribution in [0.5, 0.6) is 0 Å².